The highest BCUT2D eigenvalue weighted by atomic mass is 16.6. The number of primary amides is 1. The Morgan fingerprint density at radius 1 is 1.00 bits per heavy atom. The van der Waals surface area contributed by atoms with E-state index in [-0.39, 0.29) is 48.1 Å². The standard InChI is InChI=1S/C36H45N13O6/c1-45-17-23(13-40-45)41-32-30(31(37)51)39-15-28(43-32)48-10-2-3-25(18-48)49-21-36(55-35(49)54)19-46(20-36)16-22-8-11-47(12-9-22)24-4-5-26(38-14-24)33(52)42-27-6-7-29(50)44-34(27)53/h4-5,13-15,17,22,25,27H,2-3,6-12,16,18-21H2,1H3,(H2,37,51)(H,41,43)(H,42,52)(H,44,50,53)/t25-,27?/m0/s1. The van der Waals surface area contributed by atoms with Gasteiger partial charge in [0.05, 0.1) is 42.6 Å². The van der Waals surface area contributed by atoms with Crippen LogP contribution in [0.2, 0.25) is 0 Å². The summed E-state index contributed by atoms with van der Waals surface area (Å²) in [7, 11) is 1.79. The second kappa shape index (κ2) is 14.8. The molecular formula is C36H45N13O6. The highest BCUT2D eigenvalue weighted by Gasteiger charge is 2.55. The molecule has 0 saturated carbocycles. The number of hydrogen-bond acceptors (Lipinski definition) is 14. The summed E-state index contributed by atoms with van der Waals surface area (Å²) in [5.74, 6) is -0.610. The molecule has 5 N–H and O–H groups in total. The molecule has 55 heavy (non-hydrogen) atoms. The van der Waals surface area contributed by atoms with Crippen LogP contribution >= 0.6 is 0 Å². The smallest absolute Gasteiger partial charge is 0.410 e. The average Bonchev–Trinajstić information content (AvgIpc) is 3.74. The summed E-state index contributed by atoms with van der Waals surface area (Å²) < 4.78 is 7.68. The van der Waals surface area contributed by atoms with E-state index in [1.165, 1.54) is 0 Å². The predicted molar refractivity (Wildman–Crippen MR) is 197 cm³/mol. The van der Waals surface area contributed by atoms with Crippen LogP contribution in [-0.4, -0.2) is 134 Å². The number of rotatable bonds is 10. The van der Waals surface area contributed by atoms with Crippen molar-refractivity contribution in [2.24, 2.45) is 18.7 Å². The van der Waals surface area contributed by atoms with Crippen molar-refractivity contribution < 1.29 is 28.7 Å². The number of nitrogens with one attached hydrogen (secondary N) is 3. The monoisotopic (exact) mass is 755 g/mol. The number of aromatic nitrogens is 5. The molecule has 1 spiro atoms. The van der Waals surface area contributed by atoms with Crippen LogP contribution in [0.15, 0.2) is 36.9 Å². The second-order valence-electron chi connectivity index (χ2n) is 15.2. The lowest BCUT2D eigenvalue weighted by molar-refractivity contribution is -0.134. The lowest BCUT2D eigenvalue weighted by Gasteiger charge is -2.48. The molecule has 0 aliphatic carbocycles. The number of hydrogen-bond donors (Lipinski definition) is 4. The average molecular weight is 756 g/mol. The van der Waals surface area contributed by atoms with Crippen molar-refractivity contribution in [2.75, 3.05) is 67.5 Å². The highest BCUT2D eigenvalue weighted by Crippen LogP contribution is 2.37. The molecule has 5 aliphatic rings. The Balaban J connectivity index is 0.799. The lowest BCUT2D eigenvalue weighted by Crippen LogP contribution is -2.65. The lowest BCUT2D eigenvalue weighted by atomic mass is 9.89. The number of carbonyl (C=O) groups is 5. The van der Waals surface area contributed by atoms with E-state index in [2.05, 4.69) is 45.7 Å². The van der Waals surface area contributed by atoms with Crippen LogP contribution in [0.1, 0.15) is 59.5 Å². The third-order valence-electron chi connectivity index (χ3n) is 11.2. The molecular weight excluding hydrogens is 710 g/mol. The third-order valence-corrected chi connectivity index (χ3v) is 11.2. The maximum absolute atomic E-state index is 13.3. The van der Waals surface area contributed by atoms with Crippen molar-refractivity contribution in [3.05, 3.63) is 48.3 Å². The van der Waals surface area contributed by atoms with E-state index in [0.717, 1.165) is 57.5 Å². The number of anilines is 4. The summed E-state index contributed by atoms with van der Waals surface area (Å²) in [5.41, 5.74) is 6.93. The normalized spacial score (nSPS) is 23.0. The number of piperidine rings is 3. The van der Waals surface area contributed by atoms with Crippen LogP contribution < -0.4 is 31.5 Å². The third kappa shape index (κ3) is 7.73. The molecule has 2 atom stereocenters. The summed E-state index contributed by atoms with van der Waals surface area (Å²) in [6, 6.07) is 2.75. The second-order valence-corrected chi connectivity index (χ2v) is 15.2. The number of nitrogens with two attached hydrogens (primary N) is 1. The van der Waals surface area contributed by atoms with Gasteiger partial charge >= 0.3 is 6.09 Å². The maximum Gasteiger partial charge on any atom is 0.410 e. The van der Waals surface area contributed by atoms with Crippen molar-refractivity contribution in [2.45, 2.75) is 56.2 Å². The molecule has 5 amide bonds. The van der Waals surface area contributed by atoms with Gasteiger partial charge in [-0.1, -0.05) is 0 Å². The number of pyridine rings is 1. The Morgan fingerprint density at radius 3 is 2.53 bits per heavy atom. The first-order valence-corrected chi connectivity index (χ1v) is 18.8. The number of carbonyl (C=O) groups excluding carboxylic acids is 5. The molecule has 5 saturated heterocycles. The van der Waals surface area contributed by atoms with Gasteiger partial charge in [0.15, 0.2) is 17.1 Å². The quantitative estimate of drug-likeness (QED) is 0.205. The van der Waals surface area contributed by atoms with Gasteiger partial charge in [0, 0.05) is 65.5 Å². The van der Waals surface area contributed by atoms with Gasteiger partial charge in [-0.2, -0.15) is 5.10 Å². The van der Waals surface area contributed by atoms with E-state index < -0.39 is 29.4 Å². The number of aryl methyl sites for hydroxylation is 1. The van der Waals surface area contributed by atoms with E-state index in [4.69, 9.17) is 15.5 Å². The van der Waals surface area contributed by atoms with Gasteiger partial charge in [-0.3, -0.25) is 39.0 Å². The van der Waals surface area contributed by atoms with Crippen molar-refractivity contribution in [3.8, 4) is 0 Å². The Bertz CT molecular complexity index is 1970. The Morgan fingerprint density at radius 2 is 1.82 bits per heavy atom. The number of amides is 5. The summed E-state index contributed by atoms with van der Waals surface area (Å²) in [6.07, 6.45) is 10.5. The Hall–Kier alpha value is -5.85. The van der Waals surface area contributed by atoms with Gasteiger partial charge in [0.2, 0.25) is 11.8 Å². The van der Waals surface area contributed by atoms with Crippen LogP contribution in [0.25, 0.3) is 0 Å². The number of imide groups is 1. The van der Waals surface area contributed by atoms with Gasteiger partial charge in [0.25, 0.3) is 11.8 Å². The largest absolute Gasteiger partial charge is 0.438 e. The summed E-state index contributed by atoms with van der Waals surface area (Å²) in [5, 5.41) is 12.2. The first-order valence-electron chi connectivity index (χ1n) is 18.8. The molecule has 3 aromatic heterocycles. The van der Waals surface area contributed by atoms with E-state index in [0.29, 0.717) is 43.6 Å². The fourth-order valence-electron chi connectivity index (χ4n) is 8.34. The maximum atomic E-state index is 13.3. The fraction of sp³-hybridized carbons (Fsp3) is 0.528. The van der Waals surface area contributed by atoms with Gasteiger partial charge in [-0.05, 0) is 50.2 Å². The molecule has 1 unspecified atom stereocenters. The predicted octanol–water partition coefficient (Wildman–Crippen LogP) is 0.375. The molecule has 19 nitrogen and oxygen atoms in total. The highest BCUT2D eigenvalue weighted by molar-refractivity contribution is 6.03. The minimum Gasteiger partial charge on any atom is -0.438 e. The van der Waals surface area contributed by atoms with E-state index in [9.17, 15) is 24.0 Å². The van der Waals surface area contributed by atoms with Gasteiger partial charge in [-0.25, -0.2) is 19.7 Å². The Labute approximate surface area is 316 Å². The number of likely N-dealkylation sites (tertiary alicyclic amines) is 1. The van der Waals surface area contributed by atoms with Crippen molar-refractivity contribution in [1.29, 1.82) is 0 Å². The topological polar surface area (TPSA) is 226 Å². The van der Waals surface area contributed by atoms with E-state index in [1.54, 1.807) is 42.6 Å². The minimum atomic E-state index is -0.747. The molecule has 19 heteroatoms. The molecule has 8 rings (SSSR count). The van der Waals surface area contributed by atoms with Crippen LogP contribution in [0.5, 0.6) is 0 Å². The van der Waals surface area contributed by atoms with Crippen molar-refractivity contribution in [1.82, 2.24) is 45.2 Å². The van der Waals surface area contributed by atoms with Crippen molar-refractivity contribution in [3.63, 3.8) is 0 Å². The molecule has 3 aromatic rings. The van der Waals surface area contributed by atoms with Gasteiger partial charge in [-0.15, -0.1) is 0 Å². The first-order chi connectivity index (χ1) is 26.5. The van der Waals surface area contributed by atoms with Crippen LogP contribution in [-0.2, 0) is 21.4 Å². The molecule has 8 heterocycles. The van der Waals surface area contributed by atoms with Crippen LogP contribution in [0.3, 0.4) is 0 Å². The van der Waals surface area contributed by atoms with Crippen molar-refractivity contribution >= 4 is 52.7 Å². The molecule has 5 fully saturated rings. The SMILES string of the molecule is Cn1cc(Nc2nc(N3CCC[C@H](N4CC5(CN(CC6CCN(c7ccc(C(=O)NC8CCC(=O)NC8=O)nc7)CC6)C5)OC4=O)C3)cnc2C(N)=O)cn1. The fourth-order valence-corrected chi connectivity index (χ4v) is 8.34. The molecule has 0 aromatic carbocycles. The minimum absolute atomic E-state index is 0.0343. The van der Waals surface area contributed by atoms with Gasteiger partial charge < -0.3 is 30.9 Å². The summed E-state index contributed by atoms with van der Waals surface area (Å²) >= 11 is 0. The molecule has 0 bridgehead atoms. The Kier molecular flexibility index (Phi) is 9.70. The zero-order chi connectivity index (χ0) is 38.3. The van der Waals surface area contributed by atoms with Gasteiger partial charge in [0.1, 0.15) is 17.6 Å². The molecule has 5 aliphatic heterocycles. The summed E-state index contributed by atoms with van der Waals surface area (Å²) in [4.78, 5) is 83.4. The van der Waals surface area contributed by atoms with E-state index in [1.807, 2.05) is 11.0 Å². The van der Waals surface area contributed by atoms with E-state index >= 15 is 0 Å². The van der Waals surface area contributed by atoms with Crippen LogP contribution in [0.4, 0.5) is 27.8 Å². The first kappa shape index (κ1) is 36.1. The molecule has 290 valence electrons. The molecule has 0 radical (unpaired) electrons. The zero-order valence-corrected chi connectivity index (χ0v) is 30.6. The number of ether oxygens (including phenoxy) is 1. The van der Waals surface area contributed by atoms with Crippen LogP contribution in [0, 0.1) is 5.92 Å². The number of nitrogens with zero attached hydrogens (tertiary/aromatic N) is 9. The summed E-state index contributed by atoms with van der Waals surface area (Å²) in [6.45, 7) is 5.95. The zero-order valence-electron chi connectivity index (χ0n) is 30.6.